The molecule has 6 heteroatoms. The van der Waals surface area contributed by atoms with Crippen LogP contribution in [0.15, 0.2) is 36.9 Å². The zero-order valence-electron chi connectivity index (χ0n) is 9.16. The summed E-state index contributed by atoms with van der Waals surface area (Å²) in [4.78, 5) is 10.9. The van der Waals surface area contributed by atoms with E-state index in [9.17, 15) is 18.0 Å². The van der Waals surface area contributed by atoms with E-state index >= 15 is 0 Å². The highest BCUT2D eigenvalue weighted by atomic mass is 19.4. The minimum Gasteiger partial charge on any atom is -0.429 e. The summed E-state index contributed by atoms with van der Waals surface area (Å²) in [5.41, 5.74) is -1.59. The first-order valence-corrected chi connectivity index (χ1v) is 5.04. The van der Waals surface area contributed by atoms with E-state index in [0.29, 0.717) is 5.56 Å². The van der Waals surface area contributed by atoms with Crippen molar-refractivity contribution in [3.05, 3.63) is 48.0 Å². The van der Waals surface area contributed by atoms with Crippen molar-refractivity contribution < 1.29 is 27.4 Å². The van der Waals surface area contributed by atoms with Crippen LogP contribution in [0, 0.1) is 0 Å². The van der Waals surface area contributed by atoms with E-state index in [2.05, 4.69) is 11.3 Å². The molecular formula is C12H9F3O3. The summed E-state index contributed by atoms with van der Waals surface area (Å²) in [6.07, 6.45) is -3.93. The lowest BCUT2D eigenvalue weighted by molar-refractivity contribution is -0.137. The van der Waals surface area contributed by atoms with Crippen molar-refractivity contribution in [1.29, 1.82) is 0 Å². The van der Waals surface area contributed by atoms with Gasteiger partial charge in [0.15, 0.2) is 5.60 Å². The number of hydrogen-bond donors (Lipinski definition) is 0. The fourth-order valence-corrected chi connectivity index (χ4v) is 1.68. The van der Waals surface area contributed by atoms with Crippen LogP contribution in [-0.4, -0.2) is 12.8 Å². The zero-order chi connectivity index (χ0) is 13.4. The standard InChI is InChI=1S/C12H9F3O3/c1-2-11(7-17-10(16)18-11)8-3-5-9(6-4-8)12(13,14)15/h2-6H,1,7H2. The van der Waals surface area contributed by atoms with Gasteiger partial charge in [-0.3, -0.25) is 0 Å². The van der Waals surface area contributed by atoms with Gasteiger partial charge in [-0.25, -0.2) is 4.79 Å². The van der Waals surface area contributed by atoms with Gasteiger partial charge >= 0.3 is 12.3 Å². The number of carbonyl (C=O) groups is 1. The summed E-state index contributed by atoms with van der Waals surface area (Å²) in [5, 5.41) is 0. The third-order valence-corrected chi connectivity index (χ3v) is 2.70. The van der Waals surface area contributed by atoms with Crippen molar-refractivity contribution in [3.8, 4) is 0 Å². The molecule has 1 aromatic rings. The summed E-state index contributed by atoms with van der Waals surface area (Å²) in [6, 6.07) is 4.33. The van der Waals surface area contributed by atoms with Crippen molar-refractivity contribution >= 4 is 6.16 Å². The van der Waals surface area contributed by atoms with Gasteiger partial charge < -0.3 is 9.47 Å². The molecule has 0 amide bonds. The number of alkyl halides is 3. The maximum Gasteiger partial charge on any atom is 0.509 e. The van der Waals surface area contributed by atoms with Crippen LogP contribution in [0.3, 0.4) is 0 Å². The first kappa shape index (κ1) is 12.5. The van der Waals surface area contributed by atoms with Crippen molar-refractivity contribution in [2.24, 2.45) is 0 Å². The van der Waals surface area contributed by atoms with E-state index < -0.39 is 23.5 Å². The second-order valence-electron chi connectivity index (χ2n) is 3.81. The topological polar surface area (TPSA) is 35.5 Å². The first-order valence-electron chi connectivity index (χ1n) is 5.04. The molecule has 1 unspecified atom stereocenters. The molecular weight excluding hydrogens is 249 g/mol. The molecule has 1 atom stereocenters. The van der Waals surface area contributed by atoms with Gasteiger partial charge in [0.1, 0.15) is 6.61 Å². The molecule has 18 heavy (non-hydrogen) atoms. The SMILES string of the molecule is C=CC1(c2ccc(C(F)(F)F)cc2)COC(=O)O1. The number of halogens is 3. The number of ether oxygens (including phenoxy) is 2. The summed E-state index contributed by atoms with van der Waals surface area (Å²) < 4.78 is 46.8. The van der Waals surface area contributed by atoms with Gasteiger partial charge in [-0.1, -0.05) is 18.7 Å². The number of carbonyl (C=O) groups excluding carboxylic acids is 1. The Morgan fingerprint density at radius 1 is 1.28 bits per heavy atom. The second kappa shape index (κ2) is 4.04. The lowest BCUT2D eigenvalue weighted by Crippen LogP contribution is -2.26. The van der Waals surface area contributed by atoms with E-state index in [0.717, 1.165) is 12.1 Å². The summed E-state index contributed by atoms with van der Waals surface area (Å²) in [7, 11) is 0. The minimum atomic E-state index is -4.40. The van der Waals surface area contributed by atoms with Crippen LogP contribution in [0.25, 0.3) is 0 Å². The minimum absolute atomic E-state index is 0.0965. The molecule has 1 aliphatic heterocycles. The smallest absolute Gasteiger partial charge is 0.429 e. The Kier molecular flexibility index (Phi) is 2.80. The maximum atomic E-state index is 12.4. The van der Waals surface area contributed by atoms with Crippen LogP contribution in [0.1, 0.15) is 11.1 Å². The average Bonchev–Trinajstić information content (AvgIpc) is 2.71. The van der Waals surface area contributed by atoms with Gasteiger partial charge in [0.25, 0.3) is 0 Å². The van der Waals surface area contributed by atoms with Crippen molar-refractivity contribution in [2.75, 3.05) is 6.61 Å². The highest BCUT2D eigenvalue weighted by Crippen LogP contribution is 2.35. The van der Waals surface area contributed by atoms with E-state index in [1.807, 2.05) is 0 Å². The van der Waals surface area contributed by atoms with Crippen LogP contribution in [-0.2, 0) is 21.3 Å². The molecule has 0 spiro atoms. The largest absolute Gasteiger partial charge is 0.509 e. The summed E-state index contributed by atoms with van der Waals surface area (Å²) >= 11 is 0. The first-order chi connectivity index (χ1) is 8.37. The number of cyclic esters (lactones) is 2. The van der Waals surface area contributed by atoms with Crippen LogP contribution in [0.5, 0.6) is 0 Å². The average molecular weight is 258 g/mol. The van der Waals surface area contributed by atoms with Crippen molar-refractivity contribution in [1.82, 2.24) is 0 Å². The Hall–Kier alpha value is -1.98. The fourth-order valence-electron chi connectivity index (χ4n) is 1.68. The highest BCUT2D eigenvalue weighted by molar-refractivity contribution is 5.64. The molecule has 3 nitrogen and oxygen atoms in total. The molecule has 1 saturated heterocycles. The molecule has 0 saturated carbocycles. The highest BCUT2D eigenvalue weighted by Gasteiger charge is 2.42. The Morgan fingerprint density at radius 2 is 1.89 bits per heavy atom. The van der Waals surface area contributed by atoms with Crippen LogP contribution in [0.4, 0.5) is 18.0 Å². The zero-order valence-corrected chi connectivity index (χ0v) is 9.16. The number of hydrogen-bond acceptors (Lipinski definition) is 3. The van der Waals surface area contributed by atoms with Gasteiger partial charge in [0.2, 0.25) is 0 Å². The van der Waals surface area contributed by atoms with Crippen molar-refractivity contribution in [3.63, 3.8) is 0 Å². The van der Waals surface area contributed by atoms with Gasteiger partial charge in [0, 0.05) is 5.56 Å². The molecule has 2 rings (SSSR count). The molecule has 0 bridgehead atoms. The van der Waals surface area contributed by atoms with Crippen LogP contribution in [0.2, 0.25) is 0 Å². The predicted octanol–water partition coefficient (Wildman–Crippen LogP) is 3.25. The molecule has 0 N–H and O–H groups in total. The van der Waals surface area contributed by atoms with Gasteiger partial charge in [-0.2, -0.15) is 13.2 Å². The molecule has 0 aliphatic carbocycles. The molecule has 1 heterocycles. The molecule has 1 aromatic carbocycles. The Labute approximate surface area is 101 Å². The molecule has 0 aromatic heterocycles. The maximum absolute atomic E-state index is 12.4. The number of rotatable bonds is 2. The van der Waals surface area contributed by atoms with Gasteiger partial charge in [-0.15, -0.1) is 0 Å². The second-order valence-corrected chi connectivity index (χ2v) is 3.81. The third kappa shape index (κ3) is 2.05. The fraction of sp³-hybridized carbons (Fsp3) is 0.250. The third-order valence-electron chi connectivity index (χ3n) is 2.70. The normalized spacial score (nSPS) is 23.4. The molecule has 96 valence electrons. The summed E-state index contributed by atoms with van der Waals surface area (Å²) in [6.45, 7) is 3.42. The Bertz CT molecular complexity index is 478. The molecule has 1 aliphatic rings. The lowest BCUT2D eigenvalue weighted by atomic mass is 9.94. The van der Waals surface area contributed by atoms with Gasteiger partial charge in [0.05, 0.1) is 5.56 Å². The van der Waals surface area contributed by atoms with E-state index in [1.54, 1.807) is 0 Å². The monoisotopic (exact) mass is 258 g/mol. The van der Waals surface area contributed by atoms with Crippen LogP contribution >= 0.6 is 0 Å². The van der Waals surface area contributed by atoms with Crippen molar-refractivity contribution in [2.45, 2.75) is 11.8 Å². The number of benzene rings is 1. The lowest BCUT2D eigenvalue weighted by Gasteiger charge is -2.21. The van der Waals surface area contributed by atoms with Gasteiger partial charge in [-0.05, 0) is 18.2 Å². The quantitative estimate of drug-likeness (QED) is 0.603. The molecule has 0 radical (unpaired) electrons. The summed E-state index contributed by atoms with van der Waals surface area (Å²) in [5.74, 6) is 0. The molecule has 1 fully saturated rings. The van der Waals surface area contributed by atoms with E-state index in [1.165, 1.54) is 18.2 Å². The Morgan fingerprint density at radius 3 is 2.28 bits per heavy atom. The van der Waals surface area contributed by atoms with E-state index in [-0.39, 0.29) is 6.61 Å². The predicted molar refractivity (Wildman–Crippen MR) is 55.8 cm³/mol. The van der Waals surface area contributed by atoms with E-state index in [4.69, 9.17) is 4.74 Å². The Balaban J connectivity index is 2.34. The van der Waals surface area contributed by atoms with Crippen LogP contribution < -0.4 is 0 Å².